The SMILES string of the molecule is CCCCC/C=C/[C@@H]1[C@H](OCc2ccccc2)C(=O)N1c1ccc(OC)cc1. The molecule has 0 aliphatic carbocycles. The molecule has 0 aromatic heterocycles. The Balaban J connectivity index is 1.69. The second-order valence-corrected chi connectivity index (χ2v) is 7.04. The van der Waals surface area contributed by atoms with Gasteiger partial charge in [-0.2, -0.15) is 0 Å². The third kappa shape index (κ3) is 4.82. The highest BCUT2D eigenvalue weighted by atomic mass is 16.5. The van der Waals surface area contributed by atoms with Crippen molar-refractivity contribution in [1.29, 1.82) is 0 Å². The Morgan fingerprint density at radius 3 is 2.46 bits per heavy atom. The first-order valence-corrected chi connectivity index (χ1v) is 10.0. The van der Waals surface area contributed by atoms with Crippen LogP contribution in [0, 0.1) is 0 Å². The molecule has 1 heterocycles. The first-order valence-electron chi connectivity index (χ1n) is 10.0. The maximum atomic E-state index is 12.8. The minimum atomic E-state index is -0.440. The summed E-state index contributed by atoms with van der Waals surface area (Å²) in [6.07, 6.45) is 8.50. The van der Waals surface area contributed by atoms with Gasteiger partial charge in [-0.05, 0) is 42.7 Å². The summed E-state index contributed by atoms with van der Waals surface area (Å²) in [4.78, 5) is 14.6. The Morgan fingerprint density at radius 2 is 1.79 bits per heavy atom. The van der Waals surface area contributed by atoms with Crippen molar-refractivity contribution in [3.8, 4) is 5.75 Å². The van der Waals surface area contributed by atoms with Crippen LogP contribution >= 0.6 is 0 Å². The quantitative estimate of drug-likeness (QED) is 0.326. The first-order chi connectivity index (χ1) is 13.7. The van der Waals surface area contributed by atoms with E-state index in [9.17, 15) is 4.79 Å². The van der Waals surface area contributed by atoms with Crippen molar-refractivity contribution in [3.63, 3.8) is 0 Å². The lowest BCUT2D eigenvalue weighted by molar-refractivity contribution is -0.141. The number of anilines is 1. The van der Waals surface area contributed by atoms with Gasteiger partial charge < -0.3 is 14.4 Å². The average Bonchev–Trinajstić information content (AvgIpc) is 2.74. The lowest BCUT2D eigenvalue weighted by atomic mass is 9.95. The van der Waals surface area contributed by atoms with Crippen LogP contribution < -0.4 is 9.64 Å². The molecule has 1 aliphatic heterocycles. The predicted octanol–water partition coefficient (Wildman–Crippen LogP) is 5.13. The van der Waals surface area contributed by atoms with Crippen LogP contribution in [0.15, 0.2) is 66.7 Å². The molecular formula is C24H29NO3. The first kappa shape index (κ1) is 20.2. The molecule has 4 nitrogen and oxygen atoms in total. The number of methoxy groups -OCH3 is 1. The van der Waals surface area contributed by atoms with Crippen molar-refractivity contribution in [2.24, 2.45) is 0 Å². The highest BCUT2D eigenvalue weighted by Crippen LogP contribution is 2.32. The van der Waals surface area contributed by atoms with Crippen LogP contribution in [0.4, 0.5) is 5.69 Å². The highest BCUT2D eigenvalue weighted by Gasteiger charge is 2.47. The maximum Gasteiger partial charge on any atom is 0.259 e. The molecule has 1 saturated heterocycles. The van der Waals surface area contributed by atoms with Crippen LogP contribution in [-0.2, 0) is 16.1 Å². The molecule has 148 valence electrons. The molecule has 2 atom stereocenters. The molecule has 2 aromatic carbocycles. The molecule has 1 amide bonds. The number of β-lactam (4-membered cyclic amide) rings is 1. The number of benzene rings is 2. The zero-order chi connectivity index (χ0) is 19.8. The lowest BCUT2D eigenvalue weighted by Gasteiger charge is -2.45. The van der Waals surface area contributed by atoms with Crippen molar-refractivity contribution < 1.29 is 14.3 Å². The summed E-state index contributed by atoms with van der Waals surface area (Å²) in [5.74, 6) is 0.782. The Bertz CT molecular complexity index is 770. The van der Waals surface area contributed by atoms with E-state index in [-0.39, 0.29) is 11.9 Å². The Hall–Kier alpha value is -2.59. The van der Waals surface area contributed by atoms with E-state index in [1.807, 2.05) is 59.5 Å². The number of unbranched alkanes of at least 4 members (excludes halogenated alkanes) is 3. The zero-order valence-electron chi connectivity index (χ0n) is 16.7. The fourth-order valence-corrected chi connectivity index (χ4v) is 3.39. The number of rotatable bonds is 10. The topological polar surface area (TPSA) is 38.8 Å². The fraction of sp³-hybridized carbons (Fsp3) is 0.375. The van der Waals surface area contributed by atoms with Crippen molar-refractivity contribution in [2.75, 3.05) is 12.0 Å². The summed E-state index contributed by atoms with van der Waals surface area (Å²) in [7, 11) is 1.64. The lowest BCUT2D eigenvalue weighted by Crippen LogP contribution is -2.65. The molecule has 0 N–H and O–H groups in total. The van der Waals surface area contributed by atoms with Gasteiger partial charge in [-0.1, -0.05) is 62.2 Å². The van der Waals surface area contributed by atoms with E-state index in [0.29, 0.717) is 6.61 Å². The molecule has 2 aromatic rings. The van der Waals surface area contributed by atoms with Crippen molar-refractivity contribution in [2.45, 2.75) is 51.4 Å². The van der Waals surface area contributed by atoms with E-state index in [2.05, 4.69) is 19.1 Å². The number of amides is 1. The van der Waals surface area contributed by atoms with E-state index in [1.54, 1.807) is 7.11 Å². The van der Waals surface area contributed by atoms with Crippen LogP contribution in [0.5, 0.6) is 5.75 Å². The summed E-state index contributed by atoms with van der Waals surface area (Å²) in [6, 6.07) is 17.5. The van der Waals surface area contributed by atoms with Gasteiger partial charge in [0, 0.05) is 5.69 Å². The van der Waals surface area contributed by atoms with E-state index in [1.165, 1.54) is 19.3 Å². The summed E-state index contributed by atoms with van der Waals surface area (Å²) in [6.45, 7) is 2.64. The molecule has 3 rings (SSSR count). The van der Waals surface area contributed by atoms with E-state index >= 15 is 0 Å². The van der Waals surface area contributed by atoms with Gasteiger partial charge in [0.1, 0.15) is 5.75 Å². The predicted molar refractivity (Wildman–Crippen MR) is 113 cm³/mol. The number of ether oxygens (including phenoxy) is 2. The second-order valence-electron chi connectivity index (χ2n) is 7.04. The van der Waals surface area contributed by atoms with Gasteiger partial charge in [-0.15, -0.1) is 0 Å². The van der Waals surface area contributed by atoms with Crippen LogP contribution in [0.1, 0.15) is 38.2 Å². The normalized spacial score (nSPS) is 19.1. The fourth-order valence-electron chi connectivity index (χ4n) is 3.39. The third-order valence-corrected chi connectivity index (χ3v) is 5.02. The number of carbonyl (C=O) groups excluding carboxylic acids is 1. The highest BCUT2D eigenvalue weighted by molar-refractivity contribution is 6.05. The molecule has 0 spiro atoms. The number of nitrogens with zero attached hydrogens (tertiary/aromatic N) is 1. The molecular weight excluding hydrogens is 350 g/mol. The summed E-state index contributed by atoms with van der Waals surface area (Å²) >= 11 is 0. The van der Waals surface area contributed by atoms with Crippen molar-refractivity contribution in [1.82, 2.24) is 0 Å². The van der Waals surface area contributed by atoms with Crippen LogP contribution in [0.25, 0.3) is 0 Å². The average molecular weight is 380 g/mol. The van der Waals surface area contributed by atoms with Gasteiger partial charge >= 0.3 is 0 Å². The molecule has 28 heavy (non-hydrogen) atoms. The molecule has 0 saturated carbocycles. The van der Waals surface area contributed by atoms with Gasteiger partial charge in [0.25, 0.3) is 5.91 Å². The van der Waals surface area contributed by atoms with Gasteiger partial charge in [-0.25, -0.2) is 0 Å². The Morgan fingerprint density at radius 1 is 1.04 bits per heavy atom. The number of allylic oxidation sites excluding steroid dienone is 1. The van der Waals surface area contributed by atoms with Gasteiger partial charge in [0.2, 0.25) is 0 Å². The Kier molecular flexibility index (Phi) is 7.26. The molecule has 0 unspecified atom stereocenters. The standard InChI is InChI=1S/C24H29NO3/c1-3-4-5-6-10-13-22-23(28-18-19-11-8-7-9-12-19)24(26)25(22)20-14-16-21(27-2)17-15-20/h7-17,22-23H,3-6,18H2,1-2H3/b13-10+/t22-,23+/m1/s1. The van der Waals surface area contributed by atoms with Crippen molar-refractivity contribution >= 4 is 11.6 Å². The minimum Gasteiger partial charge on any atom is -0.497 e. The summed E-state index contributed by atoms with van der Waals surface area (Å²) in [5.41, 5.74) is 1.94. The smallest absolute Gasteiger partial charge is 0.259 e. The molecule has 1 fully saturated rings. The Labute approximate surface area is 167 Å². The van der Waals surface area contributed by atoms with Gasteiger partial charge in [0.15, 0.2) is 6.10 Å². The van der Waals surface area contributed by atoms with Gasteiger partial charge in [0.05, 0.1) is 19.8 Å². The van der Waals surface area contributed by atoms with Crippen LogP contribution in [0.3, 0.4) is 0 Å². The molecule has 4 heteroatoms. The number of hydrogen-bond acceptors (Lipinski definition) is 3. The maximum absolute atomic E-state index is 12.8. The second kappa shape index (κ2) is 10.1. The van der Waals surface area contributed by atoms with Crippen LogP contribution in [0.2, 0.25) is 0 Å². The zero-order valence-corrected chi connectivity index (χ0v) is 16.7. The molecule has 0 bridgehead atoms. The number of hydrogen-bond donors (Lipinski definition) is 0. The van der Waals surface area contributed by atoms with E-state index in [4.69, 9.17) is 9.47 Å². The van der Waals surface area contributed by atoms with Crippen LogP contribution in [-0.4, -0.2) is 25.2 Å². The minimum absolute atomic E-state index is 0.00399. The van der Waals surface area contributed by atoms with E-state index in [0.717, 1.165) is 23.4 Å². The summed E-state index contributed by atoms with van der Waals surface area (Å²) < 4.78 is 11.2. The summed E-state index contributed by atoms with van der Waals surface area (Å²) in [5, 5.41) is 0. The third-order valence-electron chi connectivity index (χ3n) is 5.02. The monoisotopic (exact) mass is 379 g/mol. The van der Waals surface area contributed by atoms with Gasteiger partial charge in [-0.3, -0.25) is 4.79 Å². The molecule has 1 aliphatic rings. The van der Waals surface area contributed by atoms with Crippen molar-refractivity contribution in [3.05, 3.63) is 72.3 Å². The number of carbonyl (C=O) groups is 1. The molecule has 0 radical (unpaired) electrons. The largest absolute Gasteiger partial charge is 0.497 e. The van der Waals surface area contributed by atoms with E-state index < -0.39 is 6.10 Å².